The average molecular weight is 297 g/mol. The number of rotatable bonds is 6. The molecular weight excluding hydrogens is 272 g/mol. The van der Waals surface area contributed by atoms with Gasteiger partial charge in [-0.05, 0) is 26.7 Å². The maximum absolute atomic E-state index is 6.35. The SMILES string of the molecule is CCCCC(C)n1c(C(C)Cl)nc2c(CC)nn(C)c21. The van der Waals surface area contributed by atoms with E-state index in [2.05, 4.69) is 30.4 Å². The van der Waals surface area contributed by atoms with Crippen molar-refractivity contribution in [2.75, 3.05) is 0 Å². The molecule has 0 radical (unpaired) electrons. The van der Waals surface area contributed by atoms with E-state index in [0.29, 0.717) is 6.04 Å². The molecule has 112 valence electrons. The van der Waals surface area contributed by atoms with E-state index >= 15 is 0 Å². The van der Waals surface area contributed by atoms with Gasteiger partial charge in [0.2, 0.25) is 0 Å². The quantitative estimate of drug-likeness (QED) is 0.741. The Bertz CT molecular complexity index is 582. The zero-order valence-electron chi connectivity index (χ0n) is 13.1. The third-order valence-electron chi connectivity index (χ3n) is 3.87. The molecule has 0 aliphatic rings. The molecule has 0 aromatic carbocycles. The van der Waals surface area contributed by atoms with Gasteiger partial charge in [-0.2, -0.15) is 5.10 Å². The van der Waals surface area contributed by atoms with E-state index in [1.807, 2.05) is 18.7 Å². The second-order valence-corrected chi connectivity index (χ2v) is 6.20. The standard InChI is InChI=1S/C15H25ClN4/c1-6-8-9-10(3)20-14(11(4)16)17-13-12(7-2)18-19(5)15(13)20/h10-11H,6-9H2,1-5H3. The van der Waals surface area contributed by atoms with Crippen molar-refractivity contribution in [3.05, 3.63) is 11.5 Å². The fourth-order valence-electron chi connectivity index (χ4n) is 2.80. The first-order valence-corrected chi connectivity index (χ1v) is 8.02. The molecule has 2 rings (SSSR count). The normalized spacial score (nSPS) is 14.9. The number of imidazole rings is 1. The van der Waals surface area contributed by atoms with Crippen LogP contribution in [-0.4, -0.2) is 19.3 Å². The summed E-state index contributed by atoms with van der Waals surface area (Å²) >= 11 is 6.35. The zero-order chi connectivity index (χ0) is 14.9. The number of alkyl halides is 1. The van der Waals surface area contributed by atoms with Gasteiger partial charge < -0.3 is 4.57 Å². The summed E-state index contributed by atoms with van der Waals surface area (Å²) in [6.45, 7) is 8.58. The summed E-state index contributed by atoms with van der Waals surface area (Å²) in [6, 6.07) is 0.399. The van der Waals surface area contributed by atoms with Crippen molar-refractivity contribution in [2.45, 2.75) is 64.8 Å². The van der Waals surface area contributed by atoms with E-state index < -0.39 is 0 Å². The molecule has 0 saturated carbocycles. The van der Waals surface area contributed by atoms with Gasteiger partial charge in [-0.15, -0.1) is 11.6 Å². The topological polar surface area (TPSA) is 35.6 Å². The van der Waals surface area contributed by atoms with Crippen LogP contribution in [0.2, 0.25) is 0 Å². The number of nitrogens with zero attached hydrogens (tertiary/aromatic N) is 4. The third-order valence-corrected chi connectivity index (χ3v) is 4.07. The summed E-state index contributed by atoms with van der Waals surface area (Å²) < 4.78 is 4.24. The molecule has 4 nitrogen and oxygen atoms in total. The van der Waals surface area contributed by atoms with Crippen molar-refractivity contribution in [3.63, 3.8) is 0 Å². The number of aromatic nitrogens is 4. The summed E-state index contributed by atoms with van der Waals surface area (Å²) in [6.07, 6.45) is 4.47. The maximum Gasteiger partial charge on any atom is 0.158 e. The van der Waals surface area contributed by atoms with Crippen LogP contribution in [-0.2, 0) is 13.5 Å². The molecule has 0 bridgehead atoms. The fraction of sp³-hybridized carbons (Fsp3) is 0.733. The summed E-state index contributed by atoms with van der Waals surface area (Å²) in [5, 5.41) is 4.50. The first-order valence-electron chi connectivity index (χ1n) is 7.58. The van der Waals surface area contributed by atoms with Crippen LogP contribution in [0.3, 0.4) is 0 Å². The van der Waals surface area contributed by atoms with Crippen LogP contribution in [0, 0.1) is 0 Å². The van der Waals surface area contributed by atoms with Crippen LogP contribution >= 0.6 is 11.6 Å². The summed E-state index contributed by atoms with van der Waals surface area (Å²) in [5.41, 5.74) is 3.18. The molecule has 0 amide bonds. The maximum atomic E-state index is 6.35. The Morgan fingerprint density at radius 2 is 1.95 bits per heavy atom. The largest absolute Gasteiger partial charge is 0.309 e. The van der Waals surface area contributed by atoms with Crippen molar-refractivity contribution >= 4 is 22.8 Å². The molecule has 0 fully saturated rings. The molecule has 0 aliphatic carbocycles. The lowest BCUT2D eigenvalue weighted by Gasteiger charge is -2.18. The van der Waals surface area contributed by atoms with Crippen LogP contribution in [0.5, 0.6) is 0 Å². The van der Waals surface area contributed by atoms with Gasteiger partial charge in [0.05, 0.1) is 11.1 Å². The highest BCUT2D eigenvalue weighted by atomic mass is 35.5. The van der Waals surface area contributed by atoms with Gasteiger partial charge >= 0.3 is 0 Å². The molecule has 0 N–H and O–H groups in total. The summed E-state index contributed by atoms with van der Waals surface area (Å²) in [4.78, 5) is 4.78. The Balaban J connectivity index is 2.59. The Kier molecular flexibility index (Phi) is 4.74. The van der Waals surface area contributed by atoms with Gasteiger partial charge in [0, 0.05) is 13.1 Å². The first-order chi connectivity index (χ1) is 9.51. The van der Waals surface area contributed by atoms with Crippen LogP contribution in [0.15, 0.2) is 0 Å². The van der Waals surface area contributed by atoms with E-state index in [4.69, 9.17) is 16.6 Å². The molecule has 2 unspecified atom stereocenters. The molecule has 2 aromatic heterocycles. The van der Waals surface area contributed by atoms with Crippen LogP contribution in [0.4, 0.5) is 0 Å². The minimum Gasteiger partial charge on any atom is -0.309 e. The number of hydrogen-bond donors (Lipinski definition) is 0. The molecule has 5 heteroatoms. The molecule has 2 atom stereocenters. The molecular formula is C15H25ClN4. The first kappa shape index (κ1) is 15.4. The van der Waals surface area contributed by atoms with E-state index in [1.54, 1.807) is 0 Å². The lowest BCUT2D eigenvalue weighted by molar-refractivity contribution is 0.472. The van der Waals surface area contributed by atoms with Gasteiger partial charge in [0.1, 0.15) is 11.3 Å². The van der Waals surface area contributed by atoms with Crippen LogP contribution < -0.4 is 0 Å². The van der Waals surface area contributed by atoms with Crippen molar-refractivity contribution in [3.8, 4) is 0 Å². The molecule has 0 saturated heterocycles. The number of unbranched alkanes of at least 4 members (excludes halogenated alkanes) is 1. The Morgan fingerprint density at radius 1 is 1.25 bits per heavy atom. The van der Waals surface area contributed by atoms with E-state index in [-0.39, 0.29) is 5.38 Å². The van der Waals surface area contributed by atoms with Crippen molar-refractivity contribution in [1.82, 2.24) is 19.3 Å². The highest BCUT2D eigenvalue weighted by molar-refractivity contribution is 6.20. The van der Waals surface area contributed by atoms with Gasteiger partial charge in [-0.25, -0.2) is 4.98 Å². The van der Waals surface area contributed by atoms with Gasteiger partial charge in [-0.1, -0.05) is 26.7 Å². The lowest BCUT2D eigenvalue weighted by Crippen LogP contribution is -2.12. The lowest BCUT2D eigenvalue weighted by atomic mass is 10.1. The number of hydrogen-bond acceptors (Lipinski definition) is 2. The second kappa shape index (κ2) is 6.17. The molecule has 0 spiro atoms. The second-order valence-electron chi connectivity index (χ2n) is 5.54. The van der Waals surface area contributed by atoms with Gasteiger partial charge in [0.15, 0.2) is 5.65 Å². The van der Waals surface area contributed by atoms with Crippen molar-refractivity contribution in [2.24, 2.45) is 7.05 Å². The fourth-order valence-corrected chi connectivity index (χ4v) is 2.96. The Hall–Kier alpha value is -1.03. The highest BCUT2D eigenvalue weighted by Crippen LogP contribution is 2.31. The predicted octanol–water partition coefficient (Wildman–Crippen LogP) is 4.38. The van der Waals surface area contributed by atoms with Crippen LogP contribution in [0.1, 0.15) is 69.9 Å². The Morgan fingerprint density at radius 3 is 2.50 bits per heavy atom. The summed E-state index contributed by atoms with van der Waals surface area (Å²) in [7, 11) is 1.99. The number of halogens is 1. The summed E-state index contributed by atoms with van der Waals surface area (Å²) in [5.74, 6) is 0.966. The monoisotopic (exact) mass is 296 g/mol. The number of aryl methyl sites for hydroxylation is 2. The van der Waals surface area contributed by atoms with E-state index in [1.165, 1.54) is 12.8 Å². The van der Waals surface area contributed by atoms with Crippen molar-refractivity contribution in [1.29, 1.82) is 0 Å². The predicted molar refractivity (Wildman–Crippen MR) is 84.4 cm³/mol. The minimum absolute atomic E-state index is 0.0869. The molecule has 0 aliphatic heterocycles. The highest BCUT2D eigenvalue weighted by Gasteiger charge is 2.23. The molecule has 2 aromatic rings. The number of fused-ring (bicyclic) bond motifs is 1. The minimum atomic E-state index is -0.0869. The van der Waals surface area contributed by atoms with Gasteiger partial charge in [0.25, 0.3) is 0 Å². The Labute approximate surface area is 126 Å². The van der Waals surface area contributed by atoms with Crippen LogP contribution in [0.25, 0.3) is 11.2 Å². The molecule has 20 heavy (non-hydrogen) atoms. The average Bonchev–Trinajstić information content (AvgIpc) is 2.94. The van der Waals surface area contributed by atoms with E-state index in [0.717, 1.165) is 35.5 Å². The van der Waals surface area contributed by atoms with E-state index in [9.17, 15) is 0 Å². The third kappa shape index (κ3) is 2.58. The van der Waals surface area contributed by atoms with Crippen molar-refractivity contribution < 1.29 is 0 Å². The van der Waals surface area contributed by atoms with Gasteiger partial charge in [-0.3, -0.25) is 4.68 Å². The molecule has 2 heterocycles. The zero-order valence-corrected chi connectivity index (χ0v) is 13.9. The smallest absolute Gasteiger partial charge is 0.158 e.